The van der Waals surface area contributed by atoms with Gasteiger partial charge >= 0.3 is 0 Å². The van der Waals surface area contributed by atoms with E-state index in [2.05, 4.69) is 44.7 Å². The molecule has 1 aliphatic heterocycles. The number of nitrogens with zero attached hydrogens (tertiary/aromatic N) is 3. The van der Waals surface area contributed by atoms with Crippen LogP contribution in [0.5, 0.6) is 0 Å². The van der Waals surface area contributed by atoms with Gasteiger partial charge in [-0.15, -0.1) is 0 Å². The maximum atomic E-state index is 12.1. The van der Waals surface area contributed by atoms with Crippen molar-refractivity contribution in [2.45, 2.75) is 13.0 Å². The highest BCUT2D eigenvalue weighted by Crippen LogP contribution is 2.22. The van der Waals surface area contributed by atoms with Crippen molar-refractivity contribution in [3.63, 3.8) is 0 Å². The molecule has 1 aliphatic rings. The molecule has 0 unspecified atom stereocenters. The fourth-order valence-electron chi connectivity index (χ4n) is 3.66. The monoisotopic (exact) mass is 411 g/mol. The fraction of sp³-hybridized carbons (Fsp3) is 0.409. The molecule has 0 atom stereocenters. The van der Waals surface area contributed by atoms with Gasteiger partial charge in [0.15, 0.2) is 0 Å². The maximum Gasteiger partial charge on any atom is 0.270 e. The van der Waals surface area contributed by atoms with Crippen molar-refractivity contribution in [2.75, 3.05) is 51.6 Å². The Morgan fingerprint density at radius 2 is 1.77 bits per heavy atom. The van der Waals surface area contributed by atoms with Crippen molar-refractivity contribution in [2.24, 2.45) is 0 Å². The Morgan fingerprint density at radius 1 is 1.07 bits per heavy atom. The van der Waals surface area contributed by atoms with E-state index in [-0.39, 0.29) is 11.6 Å². The molecule has 0 aliphatic carbocycles. The van der Waals surface area contributed by atoms with Crippen LogP contribution in [0.25, 0.3) is 0 Å². The highest BCUT2D eigenvalue weighted by Gasteiger charge is 2.18. The summed E-state index contributed by atoms with van der Waals surface area (Å²) in [7, 11) is 1.52. The van der Waals surface area contributed by atoms with Crippen molar-refractivity contribution < 1.29 is 9.72 Å². The third-order valence-electron chi connectivity index (χ3n) is 5.37. The molecule has 3 rings (SSSR count). The molecule has 2 aromatic rings. The molecule has 1 fully saturated rings. The molecule has 1 heterocycles. The topological polar surface area (TPSA) is 90.7 Å². The number of anilines is 1. The Labute approximate surface area is 177 Å². The van der Waals surface area contributed by atoms with Gasteiger partial charge in [-0.3, -0.25) is 19.8 Å². The van der Waals surface area contributed by atoms with Crippen LogP contribution in [0.4, 0.5) is 11.4 Å². The predicted octanol–water partition coefficient (Wildman–Crippen LogP) is 2.57. The molecular weight excluding hydrogens is 382 g/mol. The lowest BCUT2D eigenvalue weighted by Gasteiger charge is -2.34. The summed E-state index contributed by atoms with van der Waals surface area (Å²) in [5, 5.41) is 16.8. The van der Waals surface area contributed by atoms with Crippen molar-refractivity contribution in [3.8, 4) is 0 Å². The second-order valence-corrected chi connectivity index (χ2v) is 7.45. The van der Waals surface area contributed by atoms with Crippen LogP contribution in [0.2, 0.25) is 0 Å². The predicted molar refractivity (Wildman–Crippen MR) is 118 cm³/mol. The number of carbonyl (C=O) groups excluding carboxylic acids is 1. The van der Waals surface area contributed by atoms with Crippen LogP contribution < -0.4 is 10.6 Å². The minimum Gasteiger partial charge on any atom is -0.384 e. The molecule has 2 aromatic carbocycles. The van der Waals surface area contributed by atoms with Crippen LogP contribution in [0.1, 0.15) is 22.3 Å². The van der Waals surface area contributed by atoms with Crippen LogP contribution in [0.15, 0.2) is 48.5 Å². The highest BCUT2D eigenvalue weighted by molar-refractivity contribution is 6.00. The first kappa shape index (κ1) is 21.7. The summed E-state index contributed by atoms with van der Waals surface area (Å²) < 4.78 is 0. The Morgan fingerprint density at radius 3 is 2.43 bits per heavy atom. The zero-order valence-corrected chi connectivity index (χ0v) is 17.3. The van der Waals surface area contributed by atoms with Gasteiger partial charge in [0.05, 0.1) is 10.5 Å². The van der Waals surface area contributed by atoms with E-state index in [1.165, 1.54) is 24.7 Å². The molecule has 0 bridgehead atoms. The second-order valence-electron chi connectivity index (χ2n) is 7.45. The Kier molecular flexibility index (Phi) is 7.75. The molecular formula is C22H29N5O3. The summed E-state index contributed by atoms with van der Waals surface area (Å²) in [5.74, 6) is -0.337. The number of nitrogens with one attached hydrogen (secondary N) is 2. The molecule has 0 aromatic heterocycles. The number of nitro groups is 1. The molecule has 2 N–H and O–H groups in total. The molecule has 1 saturated heterocycles. The summed E-state index contributed by atoms with van der Waals surface area (Å²) in [5.41, 5.74) is 2.17. The lowest BCUT2D eigenvalue weighted by atomic mass is 10.1. The Balaban J connectivity index is 1.42. The molecule has 8 heteroatoms. The number of non-ortho nitro benzene ring substituents is 1. The van der Waals surface area contributed by atoms with Crippen molar-refractivity contribution in [1.29, 1.82) is 0 Å². The van der Waals surface area contributed by atoms with Gasteiger partial charge in [0.2, 0.25) is 0 Å². The number of nitro benzene ring substituents is 1. The zero-order chi connectivity index (χ0) is 21.3. The van der Waals surface area contributed by atoms with E-state index in [0.717, 1.165) is 45.7 Å². The number of amides is 1. The normalized spacial score (nSPS) is 15.0. The van der Waals surface area contributed by atoms with Gasteiger partial charge in [-0.25, -0.2) is 0 Å². The van der Waals surface area contributed by atoms with Crippen molar-refractivity contribution in [1.82, 2.24) is 15.1 Å². The Bertz CT molecular complexity index is 851. The van der Waals surface area contributed by atoms with Crippen LogP contribution in [-0.2, 0) is 6.54 Å². The van der Waals surface area contributed by atoms with Crippen molar-refractivity contribution in [3.05, 3.63) is 69.8 Å². The van der Waals surface area contributed by atoms with E-state index >= 15 is 0 Å². The number of carbonyl (C=O) groups is 1. The van der Waals surface area contributed by atoms with E-state index < -0.39 is 4.92 Å². The van der Waals surface area contributed by atoms with E-state index in [1.807, 2.05) is 6.07 Å². The first-order valence-corrected chi connectivity index (χ1v) is 10.3. The lowest BCUT2D eigenvalue weighted by molar-refractivity contribution is -0.384. The number of hydrogen-bond acceptors (Lipinski definition) is 6. The third-order valence-corrected chi connectivity index (χ3v) is 5.37. The number of benzene rings is 2. The summed E-state index contributed by atoms with van der Waals surface area (Å²) in [4.78, 5) is 27.5. The minimum atomic E-state index is -0.492. The first-order chi connectivity index (χ1) is 14.6. The standard InChI is InChI=1S/C22H29N5O3/c1-23-22(28)20-16-19(27(29)30)8-9-21(20)24-10-5-11-25-12-14-26(15-13-25)17-18-6-3-2-4-7-18/h2-4,6-9,16,24H,5,10-15,17H2,1H3,(H,23,28). The quantitative estimate of drug-likeness (QED) is 0.374. The number of piperazine rings is 1. The highest BCUT2D eigenvalue weighted by atomic mass is 16.6. The SMILES string of the molecule is CNC(=O)c1cc([N+](=O)[O-])ccc1NCCCN1CCN(Cc2ccccc2)CC1. The molecule has 8 nitrogen and oxygen atoms in total. The lowest BCUT2D eigenvalue weighted by Crippen LogP contribution is -2.46. The molecule has 30 heavy (non-hydrogen) atoms. The smallest absolute Gasteiger partial charge is 0.270 e. The second kappa shape index (κ2) is 10.7. The van der Waals surface area contributed by atoms with E-state index in [0.29, 0.717) is 17.8 Å². The van der Waals surface area contributed by atoms with Gasteiger partial charge in [0.1, 0.15) is 0 Å². The molecule has 0 radical (unpaired) electrons. The van der Waals surface area contributed by atoms with Crippen molar-refractivity contribution >= 4 is 17.3 Å². The third kappa shape index (κ3) is 6.01. The zero-order valence-electron chi connectivity index (χ0n) is 17.3. The van der Waals surface area contributed by atoms with Gasteiger partial charge in [-0.05, 0) is 24.6 Å². The van der Waals surface area contributed by atoms with Gasteiger partial charge in [0, 0.05) is 64.1 Å². The largest absolute Gasteiger partial charge is 0.384 e. The molecule has 160 valence electrons. The Hall–Kier alpha value is -2.97. The summed E-state index contributed by atoms with van der Waals surface area (Å²) >= 11 is 0. The first-order valence-electron chi connectivity index (χ1n) is 10.3. The summed E-state index contributed by atoms with van der Waals surface area (Å²) in [6.45, 7) is 6.90. The molecule has 1 amide bonds. The average Bonchev–Trinajstić information content (AvgIpc) is 2.78. The van der Waals surface area contributed by atoms with E-state index in [9.17, 15) is 14.9 Å². The van der Waals surface area contributed by atoms with Crippen LogP contribution in [0.3, 0.4) is 0 Å². The fourth-order valence-corrected chi connectivity index (χ4v) is 3.66. The number of hydrogen-bond donors (Lipinski definition) is 2. The average molecular weight is 412 g/mol. The van der Waals surface area contributed by atoms with Gasteiger partial charge in [-0.2, -0.15) is 0 Å². The maximum absolute atomic E-state index is 12.1. The van der Waals surface area contributed by atoms with E-state index in [4.69, 9.17) is 0 Å². The summed E-state index contributed by atoms with van der Waals surface area (Å²) in [6, 6.07) is 14.9. The molecule has 0 saturated carbocycles. The summed E-state index contributed by atoms with van der Waals surface area (Å²) in [6.07, 6.45) is 0.933. The van der Waals surface area contributed by atoms with Gasteiger partial charge in [0.25, 0.3) is 11.6 Å². The van der Waals surface area contributed by atoms with Crippen LogP contribution >= 0.6 is 0 Å². The van der Waals surface area contributed by atoms with Gasteiger partial charge < -0.3 is 15.5 Å². The van der Waals surface area contributed by atoms with E-state index in [1.54, 1.807) is 6.07 Å². The van der Waals surface area contributed by atoms with Crippen LogP contribution in [-0.4, -0.2) is 66.9 Å². The molecule has 0 spiro atoms. The minimum absolute atomic E-state index is 0.0903. The van der Waals surface area contributed by atoms with Gasteiger partial charge in [-0.1, -0.05) is 30.3 Å². The van der Waals surface area contributed by atoms with Crippen LogP contribution in [0, 0.1) is 10.1 Å². The number of rotatable bonds is 9.